The summed E-state index contributed by atoms with van der Waals surface area (Å²) in [6.07, 6.45) is 6.77. The van der Waals surface area contributed by atoms with Crippen LogP contribution in [0, 0.1) is 0 Å². The lowest BCUT2D eigenvalue weighted by Crippen LogP contribution is -2.33. The molecule has 4 rings (SSSR count). The van der Waals surface area contributed by atoms with Crippen LogP contribution >= 0.6 is 0 Å². The number of carbonyl (C=O) groups is 2. The van der Waals surface area contributed by atoms with Crippen LogP contribution in [0.3, 0.4) is 0 Å². The van der Waals surface area contributed by atoms with Gasteiger partial charge in [-0.25, -0.2) is 4.79 Å². The van der Waals surface area contributed by atoms with Crippen LogP contribution in [-0.4, -0.2) is 41.0 Å². The molecule has 7 nitrogen and oxygen atoms in total. The highest BCUT2D eigenvalue weighted by molar-refractivity contribution is 6.14. The van der Waals surface area contributed by atoms with Gasteiger partial charge in [0, 0.05) is 37.6 Å². The van der Waals surface area contributed by atoms with E-state index in [1.807, 2.05) is 18.2 Å². The lowest BCUT2D eigenvalue weighted by atomic mass is 9.78. The van der Waals surface area contributed by atoms with E-state index in [0.717, 1.165) is 18.2 Å². The highest BCUT2D eigenvalue weighted by Crippen LogP contribution is 2.43. The summed E-state index contributed by atoms with van der Waals surface area (Å²) < 4.78 is 4.86. The number of fused-ring (bicyclic) bond motifs is 1. The Morgan fingerprint density at radius 2 is 1.66 bits per heavy atom. The highest BCUT2D eigenvalue weighted by atomic mass is 16.5. The number of carbonyl (C=O) groups excluding carboxylic acids is 2. The molecule has 0 spiro atoms. The largest absolute Gasteiger partial charge is 0.465 e. The highest BCUT2D eigenvalue weighted by Gasteiger charge is 2.39. The SMILES string of the molecule is CO.COC(=O)c1cccc2c1C(=O)C(c1cccnc1)C(c1cccnc1)N2. The molecular formula is C22H21N3O4. The number of hydrogen-bond acceptors (Lipinski definition) is 7. The van der Waals surface area contributed by atoms with Gasteiger partial charge in [0.25, 0.3) is 0 Å². The van der Waals surface area contributed by atoms with Gasteiger partial charge in [-0.15, -0.1) is 0 Å². The van der Waals surface area contributed by atoms with Crippen LogP contribution in [0.2, 0.25) is 0 Å². The summed E-state index contributed by atoms with van der Waals surface area (Å²) in [5.74, 6) is -1.22. The number of anilines is 1. The van der Waals surface area contributed by atoms with E-state index in [0.29, 0.717) is 11.3 Å². The predicted molar refractivity (Wildman–Crippen MR) is 108 cm³/mol. The van der Waals surface area contributed by atoms with E-state index >= 15 is 0 Å². The first-order chi connectivity index (χ1) is 14.2. The van der Waals surface area contributed by atoms with E-state index in [-0.39, 0.29) is 17.4 Å². The lowest BCUT2D eigenvalue weighted by Gasteiger charge is -2.34. The third kappa shape index (κ3) is 3.86. The molecule has 1 aliphatic rings. The van der Waals surface area contributed by atoms with Crippen molar-refractivity contribution < 1.29 is 19.4 Å². The fourth-order valence-electron chi connectivity index (χ4n) is 3.52. The van der Waals surface area contributed by atoms with Gasteiger partial charge in [0.15, 0.2) is 5.78 Å². The van der Waals surface area contributed by atoms with Crippen molar-refractivity contribution in [3.63, 3.8) is 0 Å². The third-order valence-corrected chi connectivity index (χ3v) is 4.73. The predicted octanol–water partition coefficient (Wildman–Crippen LogP) is 3.01. The number of pyridine rings is 2. The number of rotatable bonds is 3. The van der Waals surface area contributed by atoms with Gasteiger partial charge in [0.05, 0.1) is 30.2 Å². The Hall–Kier alpha value is -3.58. The quantitative estimate of drug-likeness (QED) is 0.662. The van der Waals surface area contributed by atoms with E-state index in [9.17, 15) is 9.59 Å². The smallest absolute Gasteiger partial charge is 0.338 e. The van der Waals surface area contributed by atoms with E-state index in [1.165, 1.54) is 7.11 Å². The Kier molecular flexibility index (Phi) is 6.31. The van der Waals surface area contributed by atoms with Crippen molar-refractivity contribution in [1.29, 1.82) is 0 Å². The number of aromatic nitrogens is 2. The van der Waals surface area contributed by atoms with Gasteiger partial charge >= 0.3 is 5.97 Å². The first kappa shape index (κ1) is 20.2. The van der Waals surface area contributed by atoms with Gasteiger partial charge in [-0.1, -0.05) is 18.2 Å². The Balaban J connectivity index is 0.00000117. The van der Waals surface area contributed by atoms with Gasteiger partial charge in [-0.2, -0.15) is 0 Å². The molecule has 3 aromatic rings. The molecule has 3 heterocycles. The average Bonchev–Trinajstić information content (AvgIpc) is 2.80. The number of ketones is 1. The zero-order chi connectivity index (χ0) is 20.8. The number of ether oxygens (including phenoxy) is 1. The number of aliphatic hydroxyl groups is 1. The molecule has 2 N–H and O–H groups in total. The first-order valence-corrected chi connectivity index (χ1v) is 8.97. The molecule has 1 aromatic carbocycles. The number of aliphatic hydroxyl groups excluding tert-OH is 1. The molecule has 29 heavy (non-hydrogen) atoms. The Morgan fingerprint density at radius 1 is 1.00 bits per heavy atom. The van der Waals surface area contributed by atoms with Crippen molar-refractivity contribution in [2.75, 3.05) is 19.5 Å². The second kappa shape index (κ2) is 9.07. The van der Waals surface area contributed by atoms with Crippen LogP contribution in [0.5, 0.6) is 0 Å². The number of benzene rings is 1. The summed E-state index contributed by atoms with van der Waals surface area (Å²) in [6.45, 7) is 0. The van der Waals surface area contributed by atoms with Gasteiger partial charge in [-0.05, 0) is 35.4 Å². The van der Waals surface area contributed by atoms with Gasteiger partial charge in [0.1, 0.15) is 0 Å². The molecule has 0 aliphatic carbocycles. The van der Waals surface area contributed by atoms with Crippen LogP contribution in [0.4, 0.5) is 5.69 Å². The molecule has 0 radical (unpaired) electrons. The number of methoxy groups -OCH3 is 1. The Labute approximate surface area is 168 Å². The minimum absolute atomic E-state index is 0.147. The topological polar surface area (TPSA) is 101 Å². The molecule has 2 atom stereocenters. The molecule has 0 amide bonds. The van der Waals surface area contributed by atoms with Crippen LogP contribution in [0.1, 0.15) is 43.8 Å². The normalized spacial score (nSPS) is 17.3. The lowest BCUT2D eigenvalue weighted by molar-refractivity contribution is 0.0596. The maximum Gasteiger partial charge on any atom is 0.338 e. The van der Waals surface area contributed by atoms with Gasteiger partial charge in [-0.3, -0.25) is 14.8 Å². The summed E-state index contributed by atoms with van der Waals surface area (Å²) in [4.78, 5) is 34.1. The zero-order valence-corrected chi connectivity index (χ0v) is 16.1. The minimum atomic E-state index is -0.541. The Morgan fingerprint density at radius 3 is 2.24 bits per heavy atom. The molecule has 1 aliphatic heterocycles. The van der Waals surface area contributed by atoms with Crippen molar-refractivity contribution in [1.82, 2.24) is 9.97 Å². The summed E-state index contributed by atoms with van der Waals surface area (Å²) >= 11 is 0. The summed E-state index contributed by atoms with van der Waals surface area (Å²) in [7, 11) is 2.31. The van der Waals surface area contributed by atoms with Crippen LogP contribution in [-0.2, 0) is 4.74 Å². The molecule has 2 unspecified atom stereocenters. The molecule has 148 valence electrons. The number of Topliss-reactive ketones (excluding diaryl/α,β-unsaturated/α-hetero) is 1. The van der Waals surface area contributed by atoms with Crippen molar-refractivity contribution in [3.05, 3.63) is 89.5 Å². The van der Waals surface area contributed by atoms with Crippen molar-refractivity contribution in [2.24, 2.45) is 0 Å². The van der Waals surface area contributed by atoms with Gasteiger partial charge in [0.2, 0.25) is 0 Å². The number of nitrogens with zero attached hydrogens (tertiary/aromatic N) is 2. The molecule has 0 saturated carbocycles. The van der Waals surface area contributed by atoms with Gasteiger partial charge < -0.3 is 15.2 Å². The fraction of sp³-hybridized carbons (Fsp3) is 0.182. The monoisotopic (exact) mass is 391 g/mol. The minimum Gasteiger partial charge on any atom is -0.465 e. The summed E-state index contributed by atoms with van der Waals surface area (Å²) in [6, 6.07) is 12.2. The first-order valence-electron chi connectivity index (χ1n) is 8.97. The summed E-state index contributed by atoms with van der Waals surface area (Å²) in [5, 5.41) is 10.4. The maximum atomic E-state index is 13.5. The number of hydrogen-bond donors (Lipinski definition) is 2. The molecule has 2 aromatic heterocycles. The number of esters is 1. The van der Waals surface area contributed by atoms with Crippen molar-refractivity contribution >= 4 is 17.4 Å². The molecule has 7 heteroatoms. The van der Waals surface area contributed by atoms with E-state index in [4.69, 9.17) is 9.84 Å². The van der Waals surface area contributed by atoms with Crippen LogP contribution in [0.25, 0.3) is 0 Å². The zero-order valence-electron chi connectivity index (χ0n) is 16.1. The van der Waals surface area contributed by atoms with Crippen molar-refractivity contribution in [2.45, 2.75) is 12.0 Å². The molecule has 0 saturated heterocycles. The fourth-order valence-corrected chi connectivity index (χ4v) is 3.52. The van der Waals surface area contributed by atoms with Crippen LogP contribution < -0.4 is 5.32 Å². The average molecular weight is 391 g/mol. The Bertz CT molecular complexity index is 993. The summed E-state index contributed by atoms with van der Waals surface area (Å²) in [5.41, 5.74) is 2.87. The number of nitrogens with one attached hydrogen (secondary N) is 1. The van der Waals surface area contributed by atoms with E-state index < -0.39 is 11.9 Å². The molecule has 0 fully saturated rings. The maximum absolute atomic E-state index is 13.5. The molecular weight excluding hydrogens is 370 g/mol. The second-order valence-corrected chi connectivity index (χ2v) is 6.26. The van der Waals surface area contributed by atoms with E-state index in [1.54, 1.807) is 49.1 Å². The second-order valence-electron chi connectivity index (χ2n) is 6.26. The van der Waals surface area contributed by atoms with Crippen molar-refractivity contribution in [3.8, 4) is 0 Å². The third-order valence-electron chi connectivity index (χ3n) is 4.73. The van der Waals surface area contributed by atoms with Crippen LogP contribution in [0.15, 0.2) is 67.3 Å². The standard InChI is InChI=1S/C21H17N3O3.CH4O/c1-27-21(26)15-7-2-8-16-18(15)20(25)17(13-5-3-9-22-11-13)19(24-16)14-6-4-10-23-12-14;1-2/h2-12,17,19,24H,1H3;2H,1H3. The van der Waals surface area contributed by atoms with E-state index in [2.05, 4.69) is 15.3 Å². The molecule has 0 bridgehead atoms.